The van der Waals surface area contributed by atoms with E-state index in [4.69, 9.17) is 16.3 Å². The molecule has 0 aromatic heterocycles. The molecule has 2 rings (SSSR count). The number of halogens is 2. The summed E-state index contributed by atoms with van der Waals surface area (Å²) in [4.78, 5) is 0. The molecule has 76 valence electrons. The third kappa shape index (κ3) is 2.44. The fourth-order valence-electron chi connectivity index (χ4n) is 1.33. The quantitative estimate of drug-likeness (QED) is 0.833. The minimum atomic E-state index is -0.292. The summed E-state index contributed by atoms with van der Waals surface area (Å²) >= 11 is 5.72. The summed E-state index contributed by atoms with van der Waals surface area (Å²) in [6.07, 6.45) is 0. The first-order valence-corrected chi connectivity index (χ1v) is 4.88. The maximum atomic E-state index is 12.9. The smallest absolute Gasteiger partial charge is 0.125 e. The van der Waals surface area contributed by atoms with E-state index in [1.54, 1.807) is 6.07 Å². The van der Waals surface area contributed by atoms with E-state index in [0.29, 0.717) is 17.6 Å². The van der Waals surface area contributed by atoms with E-state index in [9.17, 15) is 4.39 Å². The Morgan fingerprint density at radius 2 is 2.21 bits per heavy atom. The number of benzene rings is 1. The predicted octanol–water partition coefficient (Wildman–Crippen LogP) is 1.97. The normalized spacial score (nSPS) is 16.7. The van der Waals surface area contributed by atoms with Gasteiger partial charge in [0.2, 0.25) is 0 Å². The Labute approximate surface area is 87.0 Å². The van der Waals surface area contributed by atoms with E-state index < -0.39 is 0 Å². The van der Waals surface area contributed by atoms with Crippen LogP contribution in [0.5, 0.6) is 0 Å². The van der Waals surface area contributed by atoms with Crippen molar-refractivity contribution in [3.05, 3.63) is 34.6 Å². The van der Waals surface area contributed by atoms with E-state index in [1.807, 2.05) is 0 Å². The highest BCUT2D eigenvalue weighted by Gasteiger charge is 2.16. The zero-order chi connectivity index (χ0) is 9.97. The van der Waals surface area contributed by atoms with Crippen LogP contribution < -0.4 is 5.32 Å². The third-order valence-corrected chi connectivity index (χ3v) is 2.37. The van der Waals surface area contributed by atoms with Crippen LogP contribution in [0.4, 0.5) is 4.39 Å². The van der Waals surface area contributed by atoms with Crippen LogP contribution in [0.25, 0.3) is 0 Å². The van der Waals surface area contributed by atoms with Gasteiger partial charge in [-0.2, -0.15) is 0 Å². The molecule has 0 bridgehead atoms. The second kappa shape index (κ2) is 4.26. The molecule has 1 fully saturated rings. The lowest BCUT2D eigenvalue weighted by molar-refractivity contribution is -0.00579. The molecule has 0 amide bonds. The number of rotatable bonds is 3. The van der Waals surface area contributed by atoms with E-state index in [0.717, 1.165) is 18.8 Å². The zero-order valence-electron chi connectivity index (χ0n) is 7.59. The molecule has 0 radical (unpaired) electrons. The van der Waals surface area contributed by atoms with Gasteiger partial charge in [-0.05, 0) is 23.8 Å². The van der Waals surface area contributed by atoms with Gasteiger partial charge >= 0.3 is 0 Å². The van der Waals surface area contributed by atoms with Crippen molar-refractivity contribution in [2.45, 2.75) is 12.6 Å². The number of hydrogen-bond acceptors (Lipinski definition) is 2. The molecule has 4 heteroatoms. The van der Waals surface area contributed by atoms with Crippen LogP contribution in [0.3, 0.4) is 0 Å². The molecule has 14 heavy (non-hydrogen) atoms. The van der Waals surface area contributed by atoms with Gasteiger partial charge in [-0.3, -0.25) is 0 Å². The lowest BCUT2D eigenvalue weighted by atomic mass is 10.2. The molecular weight excluding hydrogens is 205 g/mol. The molecule has 1 N–H and O–H groups in total. The average molecular weight is 216 g/mol. The minimum Gasteiger partial charge on any atom is -0.378 e. The van der Waals surface area contributed by atoms with Gasteiger partial charge in [-0.25, -0.2) is 4.39 Å². The van der Waals surface area contributed by atoms with Gasteiger partial charge in [0.05, 0.1) is 19.3 Å². The van der Waals surface area contributed by atoms with Gasteiger partial charge in [0.15, 0.2) is 0 Å². The van der Waals surface area contributed by atoms with Crippen LogP contribution in [-0.2, 0) is 11.3 Å². The van der Waals surface area contributed by atoms with Crippen LogP contribution >= 0.6 is 11.6 Å². The first-order chi connectivity index (χ1) is 6.74. The highest BCUT2D eigenvalue weighted by molar-refractivity contribution is 6.30. The first-order valence-electron chi connectivity index (χ1n) is 4.50. The number of hydrogen-bond donors (Lipinski definition) is 1. The fraction of sp³-hybridized carbons (Fsp3) is 0.400. The summed E-state index contributed by atoms with van der Waals surface area (Å²) in [6, 6.07) is 4.95. The Morgan fingerprint density at radius 1 is 1.43 bits per heavy atom. The van der Waals surface area contributed by atoms with Gasteiger partial charge in [-0.1, -0.05) is 11.6 Å². The van der Waals surface area contributed by atoms with E-state index in [2.05, 4.69) is 5.32 Å². The maximum absolute atomic E-state index is 12.9. The molecule has 0 unspecified atom stereocenters. The van der Waals surface area contributed by atoms with Crippen LogP contribution in [0.2, 0.25) is 5.02 Å². The number of nitrogens with one attached hydrogen (secondary N) is 1. The summed E-state index contributed by atoms with van der Waals surface area (Å²) < 4.78 is 17.9. The summed E-state index contributed by atoms with van der Waals surface area (Å²) in [5.41, 5.74) is 0.863. The Kier molecular flexibility index (Phi) is 3.01. The summed E-state index contributed by atoms with van der Waals surface area (Å²) in [6.45, 7) is 2.11. The highest BCUT2D eigenvalue weighted by atomic mass is 35.5. The van der Waals surface area contributed by atoms with Crippen LogP contribution in [0.15, 0.2) is 18.2 Å². The number of ether oxygens (including phenoxy) is 1. The second-order valence-corrected chi connectivity index (χ2v) is 3.83. The lowest BCUT2D eigenvalue weighted by Gasteiger charge is -2.27. The molecule has 1 aliphatic heterocycles. The SMILES string of the molecule is Fc1cc(Cl)cc(CNC2COC2)c1. The van der Waals surface area contributed by atoms with Gasteiger partial charge < -0.3 is 10.1 Å². The van der Waals surface area contributed by atoms with Crippen LogP contribution in [0, 0.1) is 5.82 Å². The average Bonchev–Trinajstić information content (AvgIpc) is 1.99. The molecular formula is C10H11ClFNO. The monoisotopic (exact) mass is 215 g/mol. The minimum absolute atomic E-state index is 0.292. The molecule has 0 aliphatic carbocycles. The Bertz CT molecular complexity index is 308. The molecule has 2 nitrogen and oxygen atoms in total. The van der Waals surface area contributed by atoms with Crippen molar-refractivity contribution in [1.29, 1.82) is 0 Å². The van der Waals surface area contributed by atoms with Gasteiger partial charge in [0.1, 0.15) is 5.82 Å². The molecule has 1 heterocycles. The van der Waals surface area contributed by atoms with Crippen LogP contribution in [-0.4, -0.2) is 19.3 Å². The van der Waals surface area contributed by atoms with Gasteiger partial charge in [-0.15, -0.1) is 0 Å². The topological polar surface area (TPSA) is 21.3 Å². The molecule has 1 aromatic rings. The lowest BCUT2D eigenvalue weighted by Crippen LogP contribution is -2.45. The van der Waals surface area contributed by atoms with E-state index >= 15 is 0 Å². The molecule has 1 saturated heterocycles. The Hall–Kier alpha value is -0.640. The predicted molar refractivity (Wildman–Crippen MR) is 52.9 cm³/mol. The molecule has 0 spiro atoms. The third-order valence-electron chi connectivity index (χ3n) is 2.16. The highest BCUT2D eigenvalue weighted by Crippen LogP contribution is 2.14. The summed E-state index contributed by atoms with van der Waals surface area (Å²) in [7, 11) is 0. The van der Waals surface area contributed by atoms with E-state index in [-0.39, 0.29) is 5.82 Å². The largest absolute Gasteiger partial charge is 0.378 e. The maximum Gasteiger partial charge on any atom is 0.125 e. The zero-order valence-corrected chi connectivity index (χ0v) is 8.35. The van der Waals surface area contributed by atoms with Crippen LogP contribution in [0.1, 0.15) is 5.56 Å². The second-order valence-electron chi connectivity index (χ2n) is 3.39. The Morgan fingerprint density at radius 3 is 2.79 bits per heavy atom. The standard InChI is InChI=1S/C10H11ClFNO/c11-8-1-7(2-9(12)3-8)4-13-10-5-14-6-10/h1-3,10,13H,4-6H2. The fourth-order valence-corrected chi connectivity index (χ4v) is 1.57. The van der Waals surface area contributed by atoms with Crippen molar-refractivity contribution in [3.8, 4) is 0 Å². The van der Waals surface area contributed by atoms with Gasteiger partial charge in [0.25, 0.3) is 0 Å². The van der Waals surface area contributed by atoms with Crippen molar-refractivity contribution in [3.63, 3.8) is 0 Å². The summed E-state index contributed by atoms with van der Waals surface area (Å²) in [5.74, 6) is -0.292. The van der Waals surface area contributed by atoms with E-state index in [1.165, 1.54) is 12.1 Å². The molecule has 1 aromatic carbocycles. The van der Waals surface area contributed by atoms with Crippen molar-refractivity contribution in [1.82, 2.24) is 5.32 Å². The van der Waals surface area contributed by atoms with Crippen molar-refractivity contribution in [2.24, 2.45) is 0 Å². The molecule has 0 atom stereocenters. The van der Waals surface area contributed by atoms with Crippen molar-refractivity contribution in [2.75, 3.05) is 13.2 Å². The van der Waals surface area contributed by atoms with Gasteiger partial charge in [0, 0.05) is 11.6 Å². The summed E-state index contributed by atoms with van der Waals surface area (Å²) in [5, 5.41) is 3.68. The molecule has 0 saturated carbocycles. The first kappa shape index (κ1) is 9.90. The molecule has 1 aliphatic rings. The van der Waals surface area contributed by atoms with Crippen molar-refractivity contribution < 1.29 is 9.13 Å². The Balaban J connectivity index is 1.94. The van der Waals surface area contributed by atoms with Crippen molar-refractivity contribution >= 4 is 11.6 Å².